The lowest BCUT2D eigenvalue weighted by Gasteiger charge is -2.49. The van der Waals surface area contributed by atoms with Crippen LogP contribution < -0.4 is 30.5 Å². The van der Waals surface area contributed by atoms with Crippen LogP contribution in [0.1, 0.15) is 52.3 Å². The van der Waals surface area contributed by atoms with Gasteiger partial charge in [-0.15, -0.1) is 0 Å². The monoisotopic (exact) mass is 792 g/mol. The van der Waals surface area contributed by atoms with Gasteiger partial charge in [-0.05, 0) is 67.1 Å². The molecule has 7 heterocycles. The fourth-order valence-electron chi connectivity index (χ4n) is 8.79. The zero-order chi connectivity index (χ0) is 40.1. The number of imide groups is 1. The number of piperazine rings is 1. The van der Waals surface area contributed by atoms with Crippen molar-refractivity contribution in [1.29, 1.82) is 0 Å². The number of ether oxygens (including phenoxy) is 1. The molecule has 0 spiro atoms. The highest BCUT2D eigenvalue weighted by molar-refractivity contribution is 6.01. The summed E-state index contributed by atoms with van der Waals surface area (Å²) >= 11 is 0. The second kappa shape index (κ2) is 15.5. The van der Waals surface area contributed by atoms with E-state index in [-0.39, 0.29) is 42.4 Å². The second-order valence-corrected chi connectivity index (χ2v) is 15.8. The molecule has 1 unspecified atom stereocenters. The van der Waals surface area contributed by atoms with Crippen LogP contribution in [0.15, 0.2) is 42.7 Å². The summed E-state index contributed by atoms with van der Waals surface area (Å²) < 4.78 is 36.7. The van der Waals surface area contributed by atoms with E-state index >= 15 is 8.78 Å². The van der Waals surface area contributed by atoms with E-state index in [4.69, 9.17) is 9.72 Å². The molecular weight excluding hydrogens is 747 g/mol. The molecular formula is C42H46F2N10O4. The molecule has 5 aliphatic heterocycles. The number of hydrogen-bond donors (Lipinski definition) is 3. The first-order valence-electron chi connectivity index (χ1n) is 20.0. The molecule has 2 aromatic carbocycles. The van der Waals surface area contributed by atoms with Gasteiger partial charge in [0.25, 0.3) is 0 Å². The number of halogens is 2. The molecule has 5 aliphatic rings. The minimum atomic E-state index is -0.533. The van der Waals surface area contributed by atoms with Crippen molar-refractivity contribution < 1.29 is 27.9 Å². The molecule has 3 N–H and O–H groups in total. The van der Waals surface area contributed by atoms with Crippen molar-refractivity contribution in [3.63, 3.8) is 0 Å². The molecule has 1 atom stereocenters. The first-order valence-corrected chi connectivity index (χ1v) is 20.0. The van der Waals surface area contributed by atoms with Crippen molar-refractivity contribution in [3.05, 3.63) is 87.9 Å². The quantitative estimate of drug-likeness (QED) is 0.222. The summed E-state index contributed by atoms with van der Waals surface area (Å²) in [5.74, 6) is -1.15. The topological polar surface area (TPSA) is 148 Å². The van der Waals surface area contributed by atoms with Crippen molar-refractivity contribution in [2.75, 3.05) is 79.4 Å². The van der Waals surface area contributed by atoms with Gasteiger partial charge in [-0.1, -0.05) is 12.1 Å². The van der Waals surface area contributed by atoms with Gasteiger partial charge in [-0.3, -0.25) is 24.6 Å². The number of fused-ring (bicyclic) bond motifs is 2. The Kier molecular flexibility index (Phi) is 10.0. The third-order valence-corrected chi connectivity index (χ3v) is 12.3. The van der Waals surface area contributed by atoms with E-state index in [0.29, 0.717) is 98.7 Å². The maximum Gasteiger partial charge on any atom is 0.237 e. The van der Waals surface area contributed by atoms with Crippen molar-refractivity contribution in [2.24, 2.45) is 0 Å². The van der Waals surface area contributed by atoms with Gasteiger partial charge in [-0.2, -0.15) is 0 Å². The summed E-state index contributed by atoms with van der Waals surface area (Å²) in [5, 5.41) is 8.90. The Bertz CT molecular complexity index is 2290. The van der Waals surface area contributed by atoms with Crippen molar-refractivity contribution in [3.8, 4) is 5.88 Å². The Labute approximate surface area is 335 Å². The number of pyridine rings is 1. The zero-order valence-electron chi connectivity index (χ0n) is 32.6. The molecule has 0 aliphatic carbocycles. The lowest BCUT2D eigenvalue weighted by Crippen LogP contribution is -2.63. The largest absolute Gasteiger partial charge is 0.474 e. The van der Waals surface area contributed by atoms with Crippen LogP contribution in [0.3, 0.4) is 0 Å². The van der Waals surface area contributed by atoms with Crippen LogP contribution in [0.2, 0.25) is 0 Å². The number of nitrogens with zero attached hydrogens (tertiary/aromatic N) is 7. The van der Waals surface area contributed by atoms with Gasteiger partial charge in [0.1, 0.15) is 23.9 Å². The van der Waals surface area contributed by atoms with Crippen LogP contribution in [0, 0.1) is 25.5 Å². The summed E-state index contributed by atoms with van der Waals surface area (Å²) in [6.45, 7) is 10.2. The molecule has 3 fully saturated rings. The second-order valence-electron chi connectivity index (χ2n) is 15.8. The van der Waals surface area contributed by atoms with Crippen LogP contribution >= 0.6 is 0 Å². The molecule has 58 heavy (non-hydrogen) atoms. The number of benzene rings is 2. The van der Waals surface area contributed by atoms with Crippen LogP contribution in [-0.4, -0.2) is 107 Å². The number of amides is 3. The number of anilines is 5. The third kappa shape index (κ3) is 7.25. The lowest BCUT2D eigenvalue weighted by molar-refractivity contribution is -0.134. The maximum atomic E-state index is 15.6. The Balaban J connectivity index is 0.758. The average molecular weight is 793 g/mol. The fourth-order valence-corrected chi connectivity index (χ4v) is 8.79. The van der Waals surface area contributed by atoms with Crippen LogP contribution in [0.5, 0.6) is 5.88 Å². The predicted molar refractivity (Wildman–Crippen MR) is 214 cm³/mol. The van der Waals surface area contributed by atoms with E-state index in [1.807, 2.05) is 17.3 Å². The van der Waals surface area contributed by atoms with Gasteiger partial charge in [-0.25, -0.2) is 23.7 Å². The van der Waals surface area contributed by atoms with E-state index in [1.54, 1.807) is 36.1 Å². The first kappa shape index (κ1) is 37.7. The molecule has 4 aromatic rings. The molecule has 0 saturated carbocycles. The Hall–Kier alpha value is -5.90. The van der Waals surface area contributed by atoms with Gasteiger partial charge in [0.2, 0.25) is 29.5 Å². The summed E-state index contributed by atoms with van der Waals surface area (Å²) in [4.78, 5) is 59.4. The maximum absolute atomic E-state index is 15.6. The Morgan fingerprint density at radius 2 is 1.78 bits per heavy atom. The van der Waals surface area contributed by atoms with Crippen LogP contribution in [-0.2, 0) is 33.8 Å². The van der Waals surface area contributed by atoms with E-state index in [0.717, 1.165) is 47.7 Å². The minimum Gasteiger partial charge on any atom is -0.474 e. The number of aromatic nitrogens is 3. The highest BCUT2D eigenvalue weighted by atomic mass is 19.1. The van der Waals surface area contributed by atoms with Crippen LogP contribution in [0.25, 0.3) is 0 Å². The number of nitrogens with one attached hydrogen (secondary N) is 3. The normalized spacial score (nSPS) is 19.7. The molecule has 14 nitrogen and oxygen atoms in total. The molecule has 302 valence electrons. The number of piperidine rings is 1. The van der Waals surface area contributed by atoms with E-state index < -0.39 is 11.7 Å². The van der Waals surface area contributed by atoms with E-state index in [1.165, 1.54) is 6.07 Å². The molecule has 3 saturated heterocycles. The molecule has 16 heteroatoms. The average Bonchev–Trinajstić information content (AvgIpc) is 3.20. The van der Waals surface area contributed by atoms with Crippen molar-refractivity contribution >= 4 is 46.4 Å². The molecule has 0 bridgehead atoms. The summed E-state index contributed by atoms with van der Waals surface area (Å²) in [5.41, 5.74) is 7.38. The highest BCUT2D eigenvalue weighted by Gasteiger charge is 2.37. The predicted octanol–water partition coefficient (Wildman–Crippen LogP) is 3.97. The molecule has 0 radical (unpaired) electrons. The summed E-state index contributed by atoms with van der Waals surface area (Å²) in [6.07, 6.45) is 5.04. The van der Waals surface area contributed by atoms with E-state index in [2.05, 4.69) is 42.6 Å². The van der Waals surface area contributed by atoms with Gasteiger partial charge < -0.3 is 30.1 Å². The molecule has 9 rings (SSSR count). The van der Waals surface area contributed by atoms with Crippen LogP contribution in [0.4, 0.5) is 37.5 Å². The number of carbonyl (C=O) groups excluding carboxylic acids is 3. The highest BCUT2D eigenvalue weighted by Crippen LogP contribution is 2.37. The smallest absolute Gasteiger partial charge is 0.237 e. The first-order chi connectivity index (χ1) is 28.1. The Morgan fingerprint density at radius 1 is 0.948 bits per heavy atom. The van der Waals surface area contributed by atoms with Crippen molar-refractivity contribution in [2.45, 2.75) is 58.0 Å². The van der Waals surface area contributed by atoms with Crippen molar-refractivity contribution in [1.82, 2.24) is 30.1 Å². The number of carbonyl (C=O) groups is 3. The minimum absolute atomic E-state index is 0.0411. The molecule has 3 amide bonds. The number of hydrogen-bond acceptors (Lipinski definition) is 12. The summed E-state index contributed by atoms with van der Waals surface area (Å²) in [7, 11) is 0. The zero-order valence-corrected chi connectivity index (χ0v) is 32.6. The van der Waals surface area contributed by atoms with Gasteiger partial charge >= 0.3 is 0 Å². The SMILES string of the molecule is Cc1c(C2CCC(=O)NC2=O)ccc(N2CC(N3CCN(C(=O)Cc4ccc(Nc5ncc6c(n5)CN(c5cnc7c(c5C)NCCO7)CC6)cc4F)CC3)C2)c1F. The van der Waals surface area contributed by atoms with Gasteiger partial charge in [0.05, 0.1) is 42.1 Å². The third-order valence-electron chi connectivity index (χ3n) is 12.3. The van der Waals surface area contributed by atoms with Gasteiger partial charge in [0, 0.05) is 82.3 Å². The Morgan fingerprint density at radius 3 is 2.57 bits per heavy atom. The molecule has 2 aromatic heterocycles. The standard InChI is InChI=1S/C42H46F2N10O4/c1-24-30(31-6-8-36(55)50-40(31)57)5-7-34(38(24)44)54-21-29(22-54)51-12-14-52(15-13-51)37(56)17-26-3-4-28(18-32(26)43)48-42-47-19-27-9-11-53(23-33(27)49-42)35-20-46-41-39(25(35)2)45-10-16-58-41/h3-5,7,18-20,29,31,45H,6,8-17,21-23H2,1-2H3,(H,47,48,49)(H,50,55,57). The fraction of sp³-hybridized carbons (Fsp3) is 0.429. The van der Waals surface area contributed by atoms with E-state index in [9.17, 15) is 14.4 Å². The summed E-state index contributed by atoms with van der Waals surface area (Å²) in [6, 6.07) is 8.52. The lowest BCUT2D eigenvalue weighted by atomic mass is 9.87. The van der Waals surface area contributed by atoms with Gasteiger partial charge in [0.15, 0.2) is 0 Å². The number of rotatable bonds is 8.